The second-order valence-electron chi connectivity index (χ2n) is 10.8. The molecule has 0 saturated carbocycles. The zero-order valence-corrected chi connectivity index (χ0v) is 24.1. The van der Waals surface area contributed by atoms with Gasteiger partial charge in [-0.2, -0.15) is 0 Å². The predicted molar refractivity (Wildman–Crippen MR) is 153 cm³/mol. The van der Waals surface area contributed by atoms with E-state index in [0.29, 0.717) is 40.7 Å². The number of amides is 5. The SMILES string of the molecule is CC(C)NC(=O)N(C)C[C@H]1Oc2ccc(NC(=O)Nc3ccc4c(c3)OCO4)cc2CC(=O)N([C@@H](C)CO)C[C@H]1C. The molecule has 4 rings (SSSR count). The monoisotopic (exact) mass is 569 g/mol. The maximum absolute atomic E-state index is 13.4. The summed E-state index contributed by atoms with van der Waals surface area (Å²) < 4.78 is 17.1. The highest BCUT2D eigenvalue weighted by atomic mass is 16.7. The topological polar surface area (TPSA) is 142 Å². The number of hydrogen-bond acceptors (Lipinski definition) is 7. The lowest BCUT2D eigenvalue weighted by molar-refractivity contribution is -0.134. The van der Waals surface area contributed by atoms with Crippen LogP contribution >= 0.6 is 0 Å². The quantitative estimate of drug-likeness (QED) is 0.401. The molecule has 2 aromatic rings. The molecule has 2 aromatic carbocycles. The lowest BCUT2D eigenvalue weighted by atomic mass is 10.0. The number of ether oxygens (including phenoxy) is 3. The van der Waals surface area contributed by atoms with Crippen LogP contribution in [0.3, 0.4) is 0 Å². The van der Waals surface area contributed by atoms with Crippen molar-refractivity contribution in [2.75, 3.05) is 44.2 Å². The number of fused-ring (bicyclic) bond motifs is 2. The Morgan fingerprint density at radius 1 is 1.05 bits per heavy atom. The van der Waals surface area contributed by atoms with Gasteiger partial charge in [-0.25, -0.2) is 9.59 Å². The molecule has 2 heterocycles. The van der Waals surface area contributed by atoms with Crippen LogP contribution in [0.25, 0.3) is 0 Å². The molecule has 0 saturated heterocycles. The smallest absolute Gasteiger partial charge is 0.323 e. The van der Waals surface area contributed by atoms with E-state index < -0.39 is 18.2 Å². The molecule has 41 heavy (non-hydrogen) atoms. The number of carbonyl (C=O) groups excluding carboxylic acids is 3. The van der Waals surface area contributed by atoms with Crippen molar-refractivity contribution >= 4 is 29.3 Å². The van der Waals surface area contributed by atoms with E-state index in [0.717, 1.165) is 0 Å². The summed E-state index contributed by atoms with van der Waals surface area (Å²) in [6, 6.07) is 9.11. The van der Waals surface area contributed by atoms with Gasteiger partial charge in [0.05, 0.1) is 25.6 Å². The molecule has 0 aromatic heterocycles. The Morgan fingerprint density at radius 2 is 1.71 bits per heavy atom. The molecular weight excluding hydrogens is 530 g/mol. The molecule has 2 aliphatic heterocycles. The second kappa shape index (κ2) is 13.0. The van der Waals surface area contributed by atoms with Gasteiger partial charge in [-0.15, -0.1) is 0 Å². The molecule has 12 heteroatoms. The maximum atomic E-state index is 13.4. The van der Waals surface area contributed by atoms with Crippen molar-refractivity contribution in [1.82, 2.24) is 15.1 Å². The predicted octanol–water partition coefficient (Wildman–Crippen LogP) is 3.26. The largest absolute Gasteiger partial charge is 0.488 e. The van der Waals surface area contributed by atoms with Crippen molar-refractivity contribution in [2.45, 2.75) is 52.3 Å². The number of nitrogens with zero attached hydrogens (tertiary/aromatic N) is 2. The lowest BCUT2D eigenvalue weighted by Crippen LogP contribution is -2.49. The van der Waals surface area contributed by atoms with E-state index in [-0.39, 0.29) is 50.3 Å². The number of nitrogens with one attached hydrogen (secondary N) is 3. The first kappa shape index (κ1) is 29.8. The Morgan fingerprint density at radius 3 is 2.39 bits per heavy atom. The maximum Gasteiger partial charge on any atom is 0.323 e. The van der Waals surface area contributed by atoms with Crippen molar-refractivity contribution in [3.63, 3.8) is 0 Å². The van der Waals surface area contributed by atoms with E-state index >= 15 is 0 Å². The van der Waals surface area contributed by atoms with Gasteiger partial charge in [0.25, 0.3) is 0 Å². The van der Waals surface area contributed by atoms with Gasteiger partial charge in [-0.1, -0.05) is 6.92 Å². The zero-order chi connectivity index (χ0) is 29.7. The molecule has 12 nitrogen and oxygen atoms in total. The van der Waals surface area contributed by atoms with Gasteiger partial charge in [-0.05, 0) is 51.1 Å². The van der Waals surface area contributed by atoms with Gasteiger partial charge in [0.1, 0.15) is 11.9 Å². The first-order valence-electron chi connectivity index (χ1n) is 13.7. The van der Waals surface area contributed by atoms with Crippen LogP contribution in [0.5, 0.6) is 17.2 Å². The Balaban J connectivity index is 1.55. The van der Waals surface area contributed by atoms with E-state index in [2.05, 4.69) is 16.0 Å². The number of benzene rings is 2. The summed E-state index contributed by atoms with van der Waals surface area (Å²) in [6.45, 7) is 8.12. The highest BCUT2D eigenvalue weighted by Crippen LogP contribution is 2.34. The third-order valence-corrected chi connectivity index (χ3v) is 7.02. The highest BCUT2D eigenvalue weighted by molar-refractivity contribution is 6.00. The minimum Gasteiger partial charge on any atom is -0.488 e. The van der Waals surface area contributed by atoms with Gasteiger partial charge >= 0.3 is 12.1 Å². The van der Waals surface area contributed by atoms with Crippen molar-refractivity contribution in [3.05, 3.63) is 42.0 Å². The normalized spacial score (nSPS) is 18.8. The molecule has 0 spiro atoms. The summed E-state index contributed by atoms with van der Waals surface area (Å²) in [5.74, 6) is 1.33. The van der Waals surface area contributed by atoms with Crippen LogP contribution in [0.1, 0.15) is 33.3 Å². The average Bonchev–Trinajstić information content (AvgIpc) is 3.40. The second-order valence-corrected chi connectivity index (χ2v) is 10.8. The first-order valence-corrected chi connectivity index (χ1v) is 13.7. The van der Waals surface area contributed by atoms with Gasteiger partial charge < -0.3 is 45.1 Å². The number of rotatable bonds is 7. The Hall–Kier alpha value is -4.19. The fourth-order valence-corrected chi connectivity index (χ4v) is 4.70. The molecule has 4 N–H and O–H groups in total. The summed E-state index contributed by atoms with van der Waals surface area (Å²) in [4.78, 5) is 42.0. The minimum atomic E-state index is -0.473. The van der Waals surface area contributed by atoms with Crippen LogP contribution in [0.2, 0.25) is 0 Å². The molecule has 3 atom stereocenters. The number of hydrogen-bond donors (Lipinski definition) is 4. The van der Waals surface area contributed by atoms with Gasteiger partial charge in [0, 0.05) is 48.6 Å². The molecule has 2 aliphatic rings. The molecule has 222 valence electrons. The molecule has 0 unspecified atom stereocenters. The summed E-state index contributed by atoms with van der Waals surface area (Å²) in [5.41, 5.74) is 1.58. The Labute approximate surface area is 239 Å². The van der Waals surface area contributed by atoms with Gasteiger partial charge in [0.2, 0.25) is 12.7 Å². The van der Waals surface area contributed by atoms with Gasteiger partial charge in [0.15, 0.2) is 11.5 Å². The number of carbonyl (C=O) groups is 3. The third-order valence-electron chi connectivity index (χ3n) is 7.02. The third kappa shape index (κ3) is 7.51. The molecule has 0 bridgehead atoms. The number of likely N-dealkylation sites (N-methyl/N-ethyl adjacent to an activating group) is 1. The fourth-order valence-electron chi connectivity index (χ4n) is 4.70. The van der Waals surface area contributed by atoms with Crippen LogP contribution < -0.4 is 30.2 Å². The Kier molecular flexibility index (Phi) is 9.43. The molecular formula is C29H39N5O7. The van der Waals surface area contributed by atoms with Crippen molar-refractivity contribution in [1.29, 1.82) is 0 Å². The van der Waals surface area contributed by atoms with E-state index in [4.69, 9.17) is 14.2 Å². The van der Waals surface area contributed by atoms with E-state index in [1.54, 1.807) is 60.2 Å². The van der Waals surface area contributed by atoms with Crippen LogP contribution in [0.4, 0.5) is 21.0 Å². The number of urea groups is 2. The van der Waals surface area contributed by atoms with E-state index in [1.807, 2.05) is 20.8 Å². The summed E-state index contributed by atoms with van der Waals surface area (Å²) in [5, 5.41) is 18.3. The van der Waals surface area contributed by atoms with Gasteiger partial charge in [-0.3, -0.25) is 4.79 Å². The van der Waals surface area contributed by atoms with Crippen molar-refractivity contribution < 1.29 is 33.7 Å². The molecule has 0 fully saturated rings. The lowest BCUT2D eigenvalue weighted by Gasteiger charge is -2.34. The Bertz CT molecular complexity index is 1270. The van der Waals surface area contributed by atoms with Crippen LogP contribution in [0, 0.1) is 5.92 Å². The first-order chi connectivity index (χ1) is 19.5. The van der Waals surface area contributed by atoms with Crippen LogP contribution in [-0.4, -0.2) is 84.6 Å². The van der Waals surface area contributed by atoms with Crippen molar-refractivity contribution in [3.8, 4) is 17.2 Å². The average molecular weight is 570 g/mol. The number of aliphatic hydroxyl groups excluding tert-OH is 1. The number of anilines is 2. The van der Waals surface area contributed by atoms with E-state index in [1.165, 1.54) is 0 Å². The van der Waals surface area contributed by atoms with Crippen LogP contribution in [-0.2, 0) is 11.2 Å². The number of aliphatic hydroxyl groups is 1. The van der Waals surface area contributed by atoms with E-state index in [9.17, 15) is 19.5 Å². The fraction of sp³-hybridized carbons (Fsp3) is 0.483. The summed E-state index contributed by atoms with van der Waals surface area (Å²) in [6.07, 6.45) is -0.425. The van der Waals surface area contributed by atoms with Crippen molar-refractivity contribution in [2.24, 2.45) is 5.92 Å². The summed E-state index contributed by atoms with van der Waals surface area (Å²) >= 11 is 0. The standard InChI is InChI=1S/C29H39N5O7/c1-17(2)30-29(38)33(5)14-26-18(3)13-34(19(4)15-35)27(36)11-20-10-21(6-8-23(20)41-26)31-28(37)32-22-7-9-24-25(12-22)40-16-39-24/h6-10,12,17-19,26,35H,11,13-16H2,1-5H3,(H,30,38)(H2,31,32,37)/t18-,19+,26-/m1/s1. The molecule has 5 amide bonds. The zero-order valence-electron chi connectivity index (χ0n) is 24.1. The molecule has 0 radical (unpaired) electrons. The molecule has 0 aliphatic carbocycles. The van der Waals surface area contributed by atoms with Crippen LogP contribution in [0.15, 0.2) is 36.4 Å². The summed E-state index contributed by atoms with van der Waals surface area (Å²) in [7, 11) is 1.70. The minimum absolute atomic E-state index is 0.0160. The highest BCUT2D eigenvalue weighted by Gasteiger charge is 2.32.